The van der Waals surface area contributed by atoms with Gasteiger partial charge in [0.2, 0.25) is 0 Å². The number of piperazine rings is 1. The van der Waals surface area contributed by atoms with Crippen molar-refractivity contribution in [2.45, 2.75) is 11.3 Å². The molecule has 0 N–H and O–H groups in total. The van der Waals surface area contributed by atoms with E-state index in [0.717, 1.165) is 6.26 Å². The lowest BCUT2D eigenvalue weighted by atomic mass is 10.2. The van der Waals surface area contributed by atoms with Gasteiger partial charge in [-0.25, -0.2) is 17.2 Å². The van der Waals surface area contributed by atoms with E-state index in [4.69, 9.17) is 11.6 Å². The number of halogens is 3. The molecule has 1 fully saturated rings. The Morgan fingerprint density at radius 1 is 1.26 bits per heavy atom. The Hall–Kier alpha value is -1.25. The number of sulfone groups is 1. The summed E-state index contributed by atoms with van der Waals surface area (Å²) in [5, 5.41) is 0.0609. The predicted molar refractivity (Wildman–Crippen MR) is 82.9 cm³/mol. The molecule has 0 spiro atoms. The molecule has 1 saturated heterocycles. The molecule has 0 aromatic heterocycles. The largest absolute Gasteiger partial charge is 0.336 e. The molecular formula is C14H17ClF2N2O3S. The monoisotopic (exact) mass is 366 g/mol. The normalized spacial score (nSPS) is 16.8. The third kappa shape index (κ3) is 4.62. The van der Waals surface area contributed by atoms with Crippen molar-refractivity contribution in [1.82, 2.24) is 9.80 Å². The first-order chi connectivity index (χ1) is 10.7. The van der Waals surface area contributed by atoms with Gasteiger partial charge >= 0.3 is 0 Å². The summed E-state index contributed by atoms with van der Waals surface area (Å²) in [7, 11) is -3.54. The Morgan fingerprint density at radius 3 is 2.39 bits per heavy atom. The third-order valence-electron chi connectivity index (χ3n) is 3.63. The van der Waals surface area contributed by atoms with Crippen molar-refractivity contribution < 1.29 is 22.0 Å². The zero-order valence-corrected chi connectivity index (χ0v) is 14.1. The topological polar surface area (TPSA) is 57.7 Å². The molecule has 0 radical (unpaired) electrons. The van der Waals surface area contributed by atoms with Crippen molar-refractivity contribution in [2.75, 3.05) is 39.0 Å². The lowest BCUT2D eigenvalue weighted by molar-refractivity contribution is 0.0459. The molecule has 1 heterocycles. The maximum Gasteiger partial charge on any atom is 0.253 e. The number of benzene rings is 1. The Balaban J connectivity index is 2.10. The highest BCUT2D eigenvalue weighted by atomic mass is 35.5. The highest BCUT2D eigenvalue weighted by Gasteiger charge is 2.25. The van der Waals surface area contributed by atoms with Crippen LogP contribution in [0, 0.1) is 0 Å². The molecule has 9 heteroatoms. The van der Waals surface area contributed by atoms with Gasteiger partial charge in [-0.15, -0.1) is 0 Å². The van der Waals surface area contributed by atoms with Gasteiger partial charge in [-0.05, 0) is 18.2 Å². The molecule has 2 rings (SSSR count). The van der Waals surface area contributed by atoms with Gasteiger partial charge < -0.3 is 4.90 Å². The predicted octanol–water partition coefficient (Wildman–Crippen LogP) is 1.77. The molecule has 23 heavy (non-hydrogen) atoms. The number of carbonyl (C=O) groups excluding carboxylic acids is 1. The van der Waals surface area contributed by atoms with E-state index in [0.29, 0.717) is 26.2 Å². The van der Waals surface area contributed by atoms with Crippen LogP contribution in [0.15, 0.2) is 23.1 Å². The molecule has 128 valence electrons. The van der Waals surface area contributed by atoms with Crippen molar-refractivity contribution in [1.29, 1.82) is 0 Å². The van der Waals surface area contributed by atoms with Crippen LogP contribution in [-0.4, -0.2) is 69.5 Å². The molecule has 0 unspecified atom stereocenters. The first-order valence-electron chi connectivity index (χ1n) is 6.98. The van der Waals surface area contributed by atoms with Crippen LogP contribution in [0.4, 0.5) is 8.78 Å². The van der Waals surface area contributed by atoms with Crippen LogP contribution < -0.4 is 0 Å². The molecule has 0 atom stereocenters. The highest BCUT2D eigenvalue weighted by Crippen LogP contribution is 2.23. The van der Waals surface area contributed by atoms with Gasteiger partial charge in [0.15, 0.2) is 9.84 Å². The molecule has 1 aliphatic rings. The molecule has 0 bridgehead atoms. The van der Waals surface area contributed by atoms with Crippen LogP contribution in [0.5, 0.6) is 0 Å². The maximum absolute atomic E-state index is 12.4. The minimum atomic E-state index is -3.54. The Kier molecular flexibility index (Phi) is 5.59. The molecule has 0 saturated carbocycles. The van der Waals surface area contributed by atoms with Gasteiger partial charge in [-0.2, -0.15) is 0 Å². The van der Waals surface area contributed by atoms with Crippen LogP contribution in [0.1, 0.15) is 10.4 Å². The smallest absolute Gasteiger partial charge is 0.253 e. The third-order valence-corrected chi connectivity index (χ3v) is 5.21. The van der Waals surface area contributed by atoms with Gasteiger partial charge in [-0.1, -0.05) is 11.6 Å². The number of amides is 1. The van der Waals surface area contributed by atoms with Crippen LogP contribution in [0.3, 0.4) is 0 Å². The first-order valence-corrected chi connectivity index (χ1v) is 9.25. The zero-order chi connectivity index (χ0) is 17.2. The van der Waals surface area contributed by atoms with E-state index < -0.39 is 16.3 Å². The van der Waals surface area contributed by atoms with Crippen LogP contribution in [-0.2, 0) is 9.84 Å². The molecule has 0 aliphatic carbocycles. The lowest BCUT2D eigenvalue weighted by Gasteiger charge is -2.34. The summed E-state index contributed by atoms with van der Waals surface area (Å²) in [6, 6.07) is 4.09. The van der Waals surface area contributed by atoms with Crippen molar-refractivity contribution in [3.05, 3.63) is 28.8 Å². The van der Waals surface area contributed by atoms with E-state index in [1.165, 1.54) is 23.1 Å². The van der Waals surface area contributed by atoms with Crippen molar-refractivity contribution in [3.63, 3.8) is 0 Å². The summed E-state index contributed by atoms with van der Waals surface area (Å²) < 4.78 is 48.0. The number of hydrogen-bond acceptors (Lipinski definition) is 4. The van der Waals surface area contributed by atoms with E-state index >= 15 is 0 Å². The Labute approximate surface area is 138 Å². The van der Waals surface area contributed by atoms with Gasteiger partial charge in [0.05, 0.1) is 16.5 Å². The number of carbonyl (C=O) groups is 1. The Morgan fingerprint density at radius 2 is 1.87 bits per heavy atom. The average Bonchev–Trinajstić information content (AvgIpc) is 2.46. The summed E-state index contributed by atoms with van der Waals surface area (Å²) in [5.41, 5.74) is 0.220. The fourth-order valence-electron chi connectivity index (χ4n) is 2.43. The second kappa shape index (κ2) is 7.11. The SMILES string of the molecule is CS(=O)(=O)c1cc(C(=O)N2CCN(CC(F)F)CC2)ccc1Cl. The van der Waals surface area contributed by atoms with E-state index in [1.807, 2.05) is 0 Å². The molecule has 5 nitrogen and oxygen atoms in total. The summed E-state index contributed by atoms with van der Waals surface area (Å²) >= 11 is 5.86. The number of nitrogens with zero attached hydrogens (tertiary/aromatic N) is 2. The minimum absolute atomic E-state index is 0.0609. The second-order valence-electron chi connectivity index (χ2n) is 5.40. The summed E-state index contributed by atoms with van der Waals surface area (Å²) in [6.07, 6.45) is -1.38. The van der Waals surface area contributed by atoms with Gasteiger partial charge in [0, 0.05) is 38.0 Å². The quantitative estimate of drug-likeness (QED) is 0.815. The zero-order valence-electron chi connectivity index (χ0n) is 12.5. The number of alkyl halides is 2. The van der Waals surface area contributed by atoms with Crippen LogP contribution in [0.2, 0.25) is 5.02 Å². The molecule has 1 aliphatic heterocycles. The van der Waals surface area contributed by atoms with E-state index in [2.05, 4.69) is 0 Å². The summed E-state index contributed by atoms with van der Waals surface area (Å²) in [4.78, 5) is 15.5. The first kappa shape index (κ1) is 18.1. The van der Waals surface area contributed by atoms with E-state index in [9.17, 15) is 22.0 Å². The highest BCUT2D eigenvalue weighted by molar-refractivity contribution is 7.90. The van der Waals surface area contributed by atoms with Gasteiger partial charge in [0.25, 0.3) is 12.3 Å². The van der Waals surface area contributed by atoms with E-state index in [1.54, 1.807) is 4.90 Å². The average molecular weight is 367 g/mol. The fraction of sp³-hybridized carbons (Fsp3) is 0.500. The number of rotatable bonds is 4. The standard InChI is InChI=1S/C14H17ClF2N2O3S/c1-23(21,22)12-8-10(2-3-11(12)15)14(20)19-6-4-18(5-7-19)9-13(16)17/h2-3,8,13H,4-7,9H2,1H3. The molecular weight excluding hydrogens is 350 g/mol. The van der Waals surface area contributed by atoms with Crippen molar-refractivity contribution in [2.24, 2.45) is 0 Å². The van der Waals surface area contributed by atoms with Crippen molar-refractivity contribution in [3.8, 4) is 0 Å². The fourth-order valence-corrected chi connectivity index (χ4v) is 3.73. The molecule has 1 aromatic carbocycles. The maximum atomic E-state index is 12.4. The van der Waals surface area contributed by atoms with Gasteiger partial charge in [-0.3, -0.25) is 9.69 Å². The second-order valence-corrected chi connectivity index (χ2v) is 7.79. The van der Waals surface area contributed by atoms with Crippen LogP contribution >= 0.6 is 11.6 Å². The summed E-state index contributed by atoms with van der Waals surface area (Å²) in [5.74, 6) is -0.330. The van der Waals surface area contributed by atoms with Crippen molar-refractivity contribution >= 4 is 27.3 Å². The van der Waals surface area contributed by atoms with Gasteiger partial charge in [0.1, 0.15) is 0 Å². The molecule has 1 aromatic rings. The minimum Gasteiger partial charge on any atom is -0.336 e. The summed E-state index contributed by atoms with van der Waals surface area (Å²) in [6.45, 7) is 1.07. The lowest BCUT2D eigenvalue weighted by Crippen LogP contribution is -2.49. The van der Waals surface area contributed by atoms with Crippen LogP contribution in [0.25, 0.3) is 0 Å². The number of hydrogen-bond donors (Lipinski definition) is 0. The molecule has 1 amide bonds. The Bertz CT molecular complexity index is 689. The van der Waals surface area contributed by atoms with E-state index in [-0.39, 0.29) is 27.9 Å².